The quantitative estimate of drug-likeness (QED) is 0.226. The summed E-state index contributed by atoms with van der Waals surface area (Å²) in [4.78, 5) is 3.76. The van der Waals surface area contributed by atoms with Crippen LogP contribution in [0.5, 0.6) is 5.75 Å². The lowest BCUT2D eigenvalue weighted by Crippen LogP contribution is -2.11. The summed E-state index contributed by atoms with van der Waals surface area (Å²) in [5.74, 6) is -0.805. The molecule has 0 unspecified atom stereocenters. The number of aliphatic hydroxyl groups is 1. The zero-order valence-corrected chi connectivity index (χ0v) is 13.7. The van der Waals surface area contributed by atoms with Crippen LogP contribution in [0.2, 0.25) is 0 Å². The number of nitrogen functional groups attached to an aromatic ring is 1. The summed E-state index contributed by atoms with van der Waals surface area (Å²) in [6.45, 7) is 3.73. The number of benzene rings is 2. The number of nitrogens with two attached hydrogens (primary N) is 2. The Labute approximate surface area is 149 Å². The molecule has 0 fully saturated rings. The zero-order chi connectivity index (χ0) is 19.1. The van der Waals surface area contributed by atoms with Crippen LogP contribution in [0.4, 0.5) is 10.1 Å². The molecule has 0 saturated carbocycles. The maximum atomic E-state index is 13.0. The highest BCUT2D eigenvalue weighted by Gasteiger charge is 2.12. The molecule has 0 spiro atoms. The number of ether oxygens (including phenoxy) is 1. The van der Waals surface area contributed by atoms with Gasteiger partial charge in [-0.3, -0.25) is 5.41 Å². The first kappa shape index (κ1) is 18.5. The molecule has 0 amide bonds. The molecule has 7 nitrogen and oxygen atoms in total. The van der Waals surface area contributed by atoms with E-state index in [2.05, 4.69) is 16.9 Å². The predicted molar refractivity (Wildman–Crippen MR) is 99.6 cm³/mol. The van der Waals surface area contributed by atoms with E-state index in [1.54, 1.807) is 24.3 Å². The normalized spacial score (nSPS) is 11.7. The molecule has 134 valence electrons. The molecule has 0 aliphatic rings. The van der Waals surface area contributed by atoms with Crippen LogP contribution in [0.1, 0.15) is 5.56 Å². The first-order valence-electron chi connectivity index (χ1n) is 7.42. The molecule has 0 aliphatic carbocycles. The van der Waals surface area contributed by atoms with Crippen molar-refractivity contribution in [2.24, 2.45) is 16.5 Å². The fraction of sp³-hybridized carbons (Fsp3) is 0. The second kappa shape index (κ2) is 8.34. The van der Waals surface area contributed by atoms with E-state index >= 15 is 0 Å². The van der Waals surface area contributed by atoms with Gasteiger partial charge >= 0.3 is 0 Å². The van der Waals surface area contributed by atoms with E-state index in [9.17, 15) is 9.50 Å². The third-order valence-electron chi connectivity index (χ3n) is 3.20. The first-order valence-corrected chi connectivity index (χ1v) is 7.42. The maximum Gasteiger partial charge on any atom is 0.265 e. The van der Waals surface area contributed by atoms with Crippen molar-refractivity contribution in [1.82, 2.24) is 0 Å². The number of hydrogen-bond donors (Lipinski definition) is 5. The van der Waals surface area contributed by atoms with Gasteiger partial charge < -0.3 is 26.6 Å². The lowest BCUT2D eigenvalue weighted by Gasteiger charge is -2.12. The smallest absolute Gasteiger partial charge is 0.265 e. The predicted octanol–water partition coefficient (Wildman–Crippen LogP) is 2.83. The third-order valence-corrected chi connectivity index (χ3v) is 3.20. The summed E-state index contributed by atoms with van der Waals surface area (Å²) < 4.78 is 18.4. The van der Waals surface area contributed by atoms with Crippen LogP contribution in [0, 0.1) is 11.2 Å². The Morgan fingerprint density at radius 2 is 1.81 bits per heavy atom. The zero-order valence-electron chi connectivity index (χ0n) is 13.7. The number of nitrogens with zero attached hydrogens (tertiary/aromatic N) is 1. The van der Waals surface area contributed by atoms with Gasteiger partial charge in [-0.25, -0.2) is 9.38 Å². The lowest BCUT2D eigenvalue weighted by atomic mass is 10.2. The van der Waals surface area contributed by atoms with E-state index in [1.807, 2.05) is 0 Å². The highest BCUT2D eigenvalue weighted by molar-refractivity contribution is 5.95. The average Bonchev–Trinajstić information content (AvgIpc) is 2.63. The Kier molecular flexibility index (Phi) is 5.94. The third kappa shape index (κ3) is 4.84. The summed E-state index contributed by atoms with van der Waals surface area (Å²) in [7, 11) is 0. The van der Waals surface area contributed by atoms with Crippen LogP contribution >= 0.6 is 0 Å². The number of anilines is 1. The fourth-order valence-electron chi connectivity index (χ4n) is 1.91. The molecule has 26 heavy (non-hydrogen) atoms. The molecule has 7 N–H and O–H groups in total. The highest BCUT2D eigenvalue weighted by atomic mass is 19.1. The molecule has 0 atom stereocenters. The molecule has 2 aromatic rings. The van der Waals surface area contributed by atoms with Gasteiger partial charge in [0.25, 0.3) is 5.88 Å². The number of amidine groups is 1. The maximum absolute atomic E-state index is 13.0. The summed E-state index contributed by atoms with van der Waals surface area (Å²) in [6, 6.07) is 11.8. The molecule has 0 aliphatic heterocycles. The van der Waals surface area contributed by atoms with Gasteiger partial charge in [0.1, 0.15) is 17.4 Å². The molecule has 0 heterocycles. The van der Waals surface area contributed by atoms with Crippen LogP contribution < -0.4 is 21.5 Å². The largest absolute Gasteiger partial charge is 0.502 e. The number of nitrogens with one attached hydrogen (secondary N) is 2. The summed E-state index contributed by atoms with van der Waals surface area (Å²) in [5, 5.41) is 20.6. The molecule has 0 bridgehead atoms. The standard InChI is InChI=1S/C18H18FN5O2/c1-11(24-14-6-2-12(3-7-14)17(21)22)16(25)18(23-10-20)26-15-8-4-13(19)5-9-15/h2-10,24-25H,1H2,(H2,20,23)(H3,21,22)/b18-16-. The Morgan fingerprint density at radius 3 is 2.35 bits per heavy atom. The Morgan fingerprint density at radius 1 is 1.19 bits per heavy atom. The van der Waals surface area contributed by atoms with Gasteiger partial charge in [0.15, 0.2) is 0 Å². The van der Waals surface area contributed by atoms with Crippen molar-refractivity contribution in [3.8, 4) is 5.75 Å². The van der Waals surface area contributed by atoms with Crippen LogP contribution in [-0.4, -0.2) is 17.3 Å². The Bertz CT molecular complexity index is 858. The number of halogens is 1. The Balaban J connectivity index is 2.19. The number of hydrogen-bond acceptors (Lipinski definition) is 5. The summed E-state index contributed by atoms with van der Waals surface area (Å²) in [6.07, 6.45) is 0.948. The topological polar surface area (TPSA) is 130 Å². The van der Waals surface area contributed by atoms with Crippen molar-refractivity contribution >= 4 is 17.9 Å². The van der Waals surface area contributed by atoms with E-state index in [0.717, 1.165) is 6.34 Å². The minimum atomic E-state index is -0.422. The van der Waals surface area contributed by atoms with Crippen molar-refractivity contribution in [3.05, 3.63) is 83.8 Å². The van der Waals surface area contributed by atoms with Gasteiger partial charge in [-0.05, 0) is 48.5 Å². The van der Waals surface area contributed by atoms with Crippen LogP contribution in [0.3, 0.4) is 0 Å². The molecular formula is C18H18FN5O2. The number of rotatable bonds is 7. The van der Waals surface area contributed by atoms with E-state index in [0.29, 0.717) is 11.3 Å². The Hall–Kier alpha value is -3.81. The van der Waals surface area contributed by atoms with Gasteiger partial charge in [-0.1, -0.05) is 6.58 Å². The second-order valence-corrected chi connectivity index (χ2v) is 5.08. The first-order chi connectivity index (χ1) is 12.4. The molecule has 2 rings (SSSR count). The van der Waals surface area contributed by atoms with E-state index in [1.165, 1.54) is 24.3 Å². The summed E-state index contributed by atoms with van der Waals surface area (Å²) >= 11 is 0. The van der Waals surface area contributed by atoms with Crippen LogP contribution in [0.25, 0.3) is 0 Å². The van der Waals surface area contributed by atoms with Gasteiger partial charge in [-0.2, -0.15) is 0 Å². The van der Waals surface area contributed by atoms with E-state index in [-0.39, 0.29) is 28.9 Å². The SMILES string of the molecule is C=C(Nc1ccc(C(=N)N)cc1)/C(O)=C(\N=CN)Oc1ccc(F)cc1. The van der Waals surface area contributed by atoms with Crippen LogP contribution in [0.15, 0.2) is 77.4 Å². The molecule has 8 heteroatoms. The monoisotopic (exact) mass is 355 g/mol. The van der Waals surface area contributed by atoms with Crippen LogP contribution in [-0.2, 0) is 0 Å². The number of aliphatic imine (C=N–C) groups is 1. The molecule has 0 aromatic heterocycles. The molecule has 0 radical (unpaired) electrons. The summed E-state index contributed by atoms with van der Waals surface area (Å²) in [5.41, 5.74) is 11.9. The van der Waals surface area contributed by atoms with Crippen molar-refractivity contribution in [1.29, 1.82) is 5.41 Å². The van der Waals surface area contributed by atoms with E-state index in [4.69, 9.17) is 21.6 Å². The average molecular weight is 355 g/mol. The molecular weight excluding hydrogens is 337 g/mol. The van der Waals surface area contributed by atoms with Gasteiger partial charge in [0.2, 0.25) is 5.76 Å². The van der Waals surface area contributed by atoms with Gasteiger partial charge in [0.05, 0.1) is 12.0 Å². The minimum Gasteiger partial charge on any atom is -0.502 e. The van der Waals surface area contributed by atoms with Gasteiger partial charge in [-0.15, -0.1) is 0 Å². The van der Waals surface area contributed by atoms with Crippen molar-refractivity contribution in [2.45, 2.75) is 0 Å². The second-order valence-electron chi connectivity index (χ2n) is 5.08. The fourth-order valence-corrected chi connectivity index (χ4v) is 1.91. The molecule has 0 saturated heterocycles. The minimum absolute atomic E-state index is 0.0506. The highest BCUT2D eigenvalue weighted by Crippen LogP contribution is 2.21. The van der Waals surface area contributed by atoms with Crippen molar-refractivity contribution in [2.75, 3.05) is 5.32 Å². The van der Waals surface area contributed by atoms with Crippen molar-refractivity contribution in [3.63, 3.8) is 0 Å². The molecule has 2 aromatic carbocycles. The van der Waals surface area contributed by atoms with Gasteiger partial charge in [0, 0.05) is 11.3 Å². The van der Waals surface area contributed by atoms with Crippen molar-refractivity contribution < 1.29 is 14.2 Å². The number of aliphatic hydroxyl groups excluding tert-OH is 1. The lowest BCUT2D eigenvalue weighted by molar-refractivity contribution is 0.342. The van der Waals surface area contributed by atoms with E-state index < -0.39 is 5.82 Å².